The first kappa shape index (κ1) is 14.4. The van der Waals surface area contributed by atoms with Crippen molar-refractivity contribution in [3.63, 3.8) is 0 Å². The average Bonchev–Trinajstić information content (AvgIpc) is 3.14. The quantitative estimate of drug-likeness (QED) is 0.769. The van der Waals surface area contributed by atoms with E-state index >= 15 is 0 Å². The van der Waals surface area contributed by atoms with Crippen LogP contribution in [0.25, 0.3) is 11.0 Å². The van der Waals surface area contributed by atoms with Crippen molar-refractivity contribution >= 4 is 21.0 Å². The molecule has 7 nitrogen and oxygen atoms in total. The Morgan fingerprint density at radius 3 is 2.87 bits per heavy atom. The maximum absolute atomic E-state index is 12.4. The molecule has 1 aliphatic carbocycles. The molecule has 1 aromatic carbocycles. The van der Waals surface area contributed by atoms with E-state index in [0.29, 0.717) is 11.5 Å². The topological polar surface area (TPSA) is 90.0 Å². The van der Waals surface area contributed by atoms with Gasteiger partial charge in [-0.1, -0.05) is 18.2 Å². The first-order valence-electron chi connectivity index (χ1n) is 7.43. The van der Waals surface area contributed by atoms with Crippen LogP contribution >= 0.6 is 0 Å². The van der Waals surface area contributed by atoms with Gasteiger partial charge in [0.1, 0.15) is 18.2 Å². The van der Waals surface area contributed by atoms with Crippen molar-refractivity contribution in [1.82, 2.24) is 19.5 Å². The number of hydrogen-bond donors (Lipinski definition) is 1. The second kappa shape index (κ2) is 5.47. The third-order valence-corrected chi connectivity index (χ3v) is 5.51. The summed E-state index contributed by atoms with van der Waals surface area (Å²) in [5.41, 5.74) is 0.575. The third-order valence-electron chi connectivity index (χ3n) is 4.14. The molecule has 23 heavy (non-hydrogen) atoms. The zero-order chi connectivity index (χ0) is 15.9. The Kier molecular flexibility index (Phi) is 3.42. The number of furan rings is 1. The highest BCUT2D eigenvalue weighted by molar-refractivity contribution is 7.89. The number of nitrogens with zero attached hydrogens (tertiary/aromatic N) is 3. The molecule has 4 rings (SSSR count). The van der Waals surface area contributed by atoms with Crippen LogP contribution in [0.2, 0.25) is 0 Å². The molecule has 8 heteroatoms. The molecular formula is C15H16N4O3S. The highest BCUT2D eigenvalue weighted by Crippen LogP contribution is 2.30. The summed E-state index contributed by atoms with van der Waals surface area (Å²) < 4.78 is 34.7. The monoisotopic (exact) mass is 332 g/mol. The fraction of sp³-hybridized carbons (Fsp3) is 0.333. The van der Waals surface area contributed by atoms with E-state index in [2.05, 4.69) is 14.8 Å². The number of sulfonamides is 1. The van der Waals surface area contributed by atoms with Crippen molar-refractivity contribution in [2.24, 2.45) is 5.92 Å². The number of fused-ring (bicyclic) bond motifs is 1. The molecule has 0 bridgehead atoms. The Morgan fingerprint density at radius 1 is 1.30 bits per heavy atom. The van der Waals surface area contributed by atoms with Crippen LogP contribution in [0.4, 0.5) is 0 Å². The van der Waals surface area contributed by atoms with Gasteiger partial charge in [-0.3, -0.25) is 4.68 Å². The molecule has 120 valence electrons. The fourth-order valence-electron chi connectivity index (χ4n) is 2.94. The third kappa shape index (κ3) is 2.87. The predicted molar refractivity (Wildman–Crippen MR) is 83.1 cm³/mol. The molecule has 0 amide bonds. The van der Waals surface area contributed by atoms with E-state index in [1.165, 1.54) is 6.33 Å². The van der Waals surface area contributed by atoms with Gasteiger partial charge < -0.3 is 4.42 Å². The van der Waals surface area contributed by atoms with Crippen LogP contribution in [0.5, 0.6) is 0 Å². The van der Waals surface area contributed by atoms with Crippen molar-refractivity contribution in [1.29, 1.82) is 0 Å². The molecule has 0 spiro atoms. The second-order valence-electron chi connectivity index (χ2n) is 5.88. The lowest BCUT2D eigenvalue weighted by molar-refractivity contribution is 0.212. The minimum atomic E-state index is -3.62. The minimum absolute atomic E-state index is 0.0292. The van der Waals surface area contributed by atoms with Gasteiger partial charge >= 0.3 is 0 Å². The number of aromatic nitrogens is 3. The standard InChI is InChI=1S/C15H16N4O3S/c20-23(21,15-7-12-3-1-2-4-14(12)22-15)18-13-5-11(6-13)8-19-10-16-9-17-19/h1-4,7,9-11,13,18H,5-6,8H2. The summed E-state index contributed by atoms with van der Waals surface area (Å²) in [5.74, 6) is 0.417. The molecule has 2 aromatic heterocycles. The van der Waals surface area contributed by atoms with Crippen LogP contribution in [0, 0.1) is 5.92 Å². The van der Waals surface area contributed by atoms with Crippen molar-refractivity contribution < 1.29 is 12.8 Å². The minimum Gasteiger partial charge on any atom is -0.443 e. The maximum Gasteiger partial charge on any atom is 0.274 e. The average molecular weight is 332 g/mol. The van der Waals surface area contributed by atoms with Crippen LogP contribution in [-0.2, 0) is 16.6 Å². The number of nitrogens with one attached hydrogen (secondary N) is 1. The Morgan fingerprint density at radius 2 is 2.13 bits per heavy atom. The summed E-state index contributed by atoms with van der Waals surface area (Å²) in [6, 6.07) is 8.75. The van der Waals surface area contributed by atoms with E-state index in [9.17, 15) is 8.42 Å². The summed E-state index contributed by atoms with van der Waals surface area (Å²) in [5, 5.41) is 4.82. The number of rotatable bonds is 5. The molecule has 0 atom stereocenters. The summed E-state index contributed by atoms with van der Waals surface area (Å²) in [4.78, 5) is 3.90. The molecule has 2 heterocycles. The van der Waals surface area contributed by atoms with Gasteiger partial charge in [-0.05, 0) is 24.8 Å². The molecule has 3 aromatic rings. The van der Waals surface area contributed by atoms with Crippen LogP contribution in [0.15, 0.2) is 52.5 Å². The van der Waals surface area contributed by atoms with Crippen molar-refractivity contribution in [2.75, 3.05) is 0 Å². The van der Waals surface area contributed by atoms with Gasteiger partial charge in [0.05, 0.1) is 0 Å². The van der Waals surface area contributed by atoms with Gasteiger partial charge in [0.15, 0.2) is 0 Å². The van der Waals surface area contributed by atoms with Gasteiger partial charge in [-0.25, -0.2) is 18.1 Å². The zero-order valence-corrected chi connectivity index (χ0v) is 13.1. The SMILES string of the molecule is O=S(=O)(NC1CC(Cn2cncn2)C1)c1cc2ccccc2o1. The van der Waals surface area contributed by atoms with Crippen LogP contribution in [0.3, 0.4) is 0 Å². The van der Waals surface area contributed by atoms with Gasteiger partial charge in [0, 0.05) is 24.0 Å². The molecule has 0 radical (unpaired) electrons. The molecule has 1 saturated carbocycles. The largest absolute Gasteiger partial charge is 0.443 e. The highest BCUT2D eigenvalue weighted by atomic mass is 32.2. The van der Waals surface area contributed by atoms with E-state index in [4.69, 9.17) is 4.42 Å². The first-order valence-corrected chi connectivity index (χ1v) is 8.92. The molecule has 0 unspecified atom stereocenters. The van der Waals surface area contributed by atoms with Gasteiger partial charge in [-0.2, -0.15) is 5.10 Å². The Hall–Kier alpha value is -2.19. The number of hydrogen-bond acceptors (Lipinski definition) is 5. The van der Waals surface area contributed by atoms with Crippen LogP contribution < -0.4 is 4.72 Å². The molecular weight excluding hydrogens is 316 g/mol. The molecule has 1 fully saturated rings. The summed E-state index contributed by atoms with van der Waals surface area (Å²) in [6.45, 7) is 0.767. The van der Waals surface area contributed by atoms with Gasteiger partial charge in [0.25, 0.3) is 10.0 Å². The van der Waals surface area contributed by atoms with Crippen molar-refractivity contribution in [3.8, 4) is 0 Å². The van der Waals surface area contributed by atoms with E-state index in [0.717, 1.165) is 24.8 Å². The smallest absolute Gasteiger partial charge is 0.274 e. The Labute approximate surface area is 133 Å². The zero-order valence-electron chi connectivity index (χ0n) is 12.3. The Bertz CT molecular complexity index is 878. The van der Waals surface area contributed by atoms with Gasteiger partial charge in [0.2, 0.25) is 5.09 Å². The first-order chi connectivity index (χ1) is 11.1. The van der Waals surface area contributed by atoms with Crippen LogP contribution in [0.1, 0.15) is 12.8 Å². The van der Waals surface area contributed by atoms with Crippen molar-refractivity contribution in [2.45, 2.75) is 30.5 Å². The highest BCUT2D eigenvalue weighted by Gasteiger charge is 2.34. The lowest BCUT2D eigenvalue weighted by atomic mass is 9.81. The van der Waals surface area contributed by atoms with Crippen molar-refractivity contribution in [3.05, 3.63) is 43.0 Å². The van der Waals surface area contributed by atoms with E-state index in [1.807, 2.05) is 18.2 Å². The summed E-state index contributed by atoms with van der Waals surface area (Å²) in [6.07, 6.45) is 4.75. The molecule has 1 aliphatic rings. The fourth-order valence-corrected chi connectivity index (χ4v) is 4.17. The van der Waals surface area contributed by atoms with E-state index in [-0.39, 0.29) is 11.1 Å². The molecule has 1 N–H and O–H groups in total. The normalized spacial score (nSPS) is 21.4. The number of para-hydroxylation sites is 1. The Balaban J connectivity index is 1.40. The molecule has 0 aliphatic heterocycles. The lowest BCUT2D eigenvalue weighted by Gasteiger charge is -2.35. The molecule has 0 saturated heterocycles. The van der Waals surface area contributed by atoms with E-state index in [1.54, 1.807) is 23.1 Å². The second-order valence-corrected chi connectivity index (χ2v) is 7.52. The van der Waals surface area contributed by atoms with Crippen LogP contribution in [-0.4, -0.2) is 29.2 Å². The predicted octanol–water partition coefficient (Wildman–Crippen LogP) is 1.78. The number of benzene rings is 1. The van der Waals surface area contributed by atoms with Gasteiger partial charge in [-0.15, -0.1) is 0 Å². The maximum atomic E-state index is 12.4. The summed E-state index contributed by atoms with van der Waals surface area (Å²) in [7, 11) is -3.62. The van der Waals surface area contributed by atoms with E-state index < -0.39 is 10.0 Å². The lowest BCUT2D eigenvalue weighted by Crippen LogP contribution is -2.45. The summed E-state index contributed by atoms with van der Waals surface area (Å²) >= 11 is 0.